The summed E-state index contributed by atoms with van der Waals surface area (Å²) in [5, 5.41) is 26.2. The van der Waals surface area contributed by atoms with Gasteiger partial charge in [-0.05, 0) is 84.7 Å². The van der Waals surface area contributed by atoms with E-state index in [0.717, 1.165) is 44.9 Å². The molecule has 4 aliphatic carbocycles. The van der Waals surface area contributed by atoms with Crippen molar-refractivity contribution < 1.29 is 14.6 Å². The highest BCUT2D eigenvalue weighted by atomic mass is 28.4. The second-order valence-corrected chi connectivity index (χ2v) is 17.3. The Kier molecular flexibility index (Phi) is 7.30. The first-order valence-electron chi connectivity index (χ1n) is 16.3. The highest BCUT2D eigenvalue weighted by Crippen LogP contribution is 2.67. The van der Waals surface area contributed by atoms with Gasteiger partial charge in [0.25, 0.3) is 8.32 Å². The Labute approximate surface area is 258 Å². The fraction of sp³-hybridized carbons (Fsp3) is 0.436. The molecular formula is C39H44O3Si. The lowest BCUT2D eigenvalue weighted by molar-refractivity contribution is -0.111. The Balaban J connectivity index is 1.34. The summed E-state index contributed by atoms with van der Waals surface area (Å²) < 4.78 is 7.71. The molecule has 4 heteroatoms. The van der Waals surface area contributed by atoms with E-state index in [9.17, 15) is 10.2 Å². The van der Waals surface area contributed by atoms with E-state index in [1.807, 2.05) is 0 Å². The van der Waals surface area contributed by atoms with Gasteiger partial charge in [-0.1, -0.05) is 115 Å². The maximum absolute atomic E-state index is 11.6. The fourth-order valence-corrected chi connectivity index (χ4v) is 14.0. The summed E-state index contributed by atoms with van der Waals surface area (Å²) in [6, 6.07) is 32.6. The minimum atomic E-state index is -2.89. The highest BCUT2D eigenvalue weighted by Gasteiger charge is 2.64. The van der Waals surface area contributed by atoms with E-state index in [-0.39, 0.29) is 16.9 Å². The third-order valence-electron chi connectivity index (χ3n) is 12.3. The second kappa shape index (κ2) is 10.9. The molecule has 0 heterocycles. The zero-order valence-electron chi connectivity index (χ0n) is 25.3. The molecule has 0 spiro atoms. The molecule has 7 atom stereocenters. The fourth-order valence-electron chi connectivity index (χ4n) is 10.0. The number of benzene rings is 3. The first kappa shape index (κ1) is 28.8. The average Bonchev–Trinajstić information content (AvgIpc) is 3.33. The SMILES string of the molecule is C#CC1(O)CC[C@H]2[C@@H]3CCC4=CC(O)CC[C@]4(CO[Si](c4ccccc4)(c4ccccc4)c4ccccc4)[C@@H]3CC[C@@]21C. The number of aliphatic hydroxyl groups excluding tert-OH is 1. The van der Waals surface area contributed by atoms with E-state index in [1.54, 1.807) is 0 Å². The lowest BCUT2D eigenvalue weighted by Gasteiger charge is -2.60. The number of aliphatic hydroxyl groups is 2. The average molecular weight is 589 g/mol. The van der Waals surface area contributed by atoms with Crippen LogP contribution in [-0.2, 0) is 4.43 Å². The van der Waals surface area contributed by atoms with E-state index in [2.05, 4.69) is 110 Å². The molecule has 0 saturated heterocycles. The molecule has 0 radical (unpaired) electrons. The first-order valence-corrected chi connectivity index (χ1v) is 18.2. The summed E-state index contributed by atoms with van der Waals surface area (Å²) >= 11 is 0. The van der Waals surface area contributed by atoms with E-state index in [4.69, 9.17) is 10.8 Å². The van der Waals surface area contributed by atoms with Crippen LogP contribution >= 0.6 is 0 Å². The Morgan fingerprint density at radius 3 is 1.91 bits per heavy atom. The quantitative estimate of drug-likeness (QED) is 0.177. The summed E-state index contributed by atoms with van der Waals surface area (Å²) in [4.78, 5) is 0. The topological polar surface area (TPSA) is 49.7 Å². The molecule has 4 aliphatic rings. The van der Waals surface area contributed by atoms with Crippen LogP contribution in [0.3, 0.4) is 0 Å². The van der Waals surface area contributed by atoms with Gasteiger partial charge in [-0.15, -0.1) is 6.42 Å². The van der Waals surface area contributed by atoms with Gasteiger partial charge in [0.2, 0.25) is 0 Å². The van der Waals surface area contributed by atoms with Crippen molar-refractivity contribution in [2.45, 2.75) is 70.0 Å². The van der Waals surface area contributed by atoms with Crippen LogP contribution in [0.2, 0.25) is 0 Å². The van der Waals surface area contributed by atoms with Gasteiger partial charge in [0.05, 0.1) is 6.10 Å². The molecular weight excluding hydrogens is 545 g/mol. The molecule has 43 heavy (non-hydrogen) atoms. The predicted molar refractivity (Wildman–Crippen MR) is 176 cm³/mol. The molecule has 3 nitrogen and oxygen atoms in total. The number of terminal acetylenes is 1. The van der Waals surface area contributed by atoms with Gasteiger partial charge in [-0.3, -0.25) is 0 Å². The molecule has 3 fully saturated rings. The zero-order valence-corrected chi connectivity index (χ0v) is 26.3. The van der Waals surface area contributed by atoms with Gasteiger partial charge < -0.3 is 14.6 Å². The lowest BCUT2D eigenvalue weighted by Crippen LogP contribution is -2.70. The summed E-state index contributed by atoms with van der Waals surface area (Å²) in [5.74, 6) is 4.20. The minimum absolute atomic E-state index is 0.128. The van der Waals surface area contributed by atoms with Crippen molar-refractivity contribution in [1.82, 2.24) is 0 Å². The molecule has 0 aliphatic heterocycles. The third kappa shape index (κ3) is 4.35. The van der Waals surface area contributed by atoms with E-state index in [0.29, 0.717) is 30.8 Å². The molecule has 222 valence electrons. The monoisotopic (exact) mass is 588 g/mol. The third-order valence-corrected chi connectivity index (χ3v) is 16.3. The number of fused-ring (bicyclic) bond motifs is 5. The Bertz CT molecular complexity index is 1420. The van der Waals surface area contributed by atoms with Crippen molar-refractivity contribution in [2.75, 3.05) is 6.61 Å². The van der Waals surface area contributed by atoms with Gasteiger partial charge in [-0.2, -0.15) is 0 Å². The lowest BCUT2D eigenvalue weighted by atomic mass is 9.46. The van der Waals surface area contributed by atoms with Crippen LogP contribution in [0.4, 0.5) is 0 Å². The summed E-state index contributed by atoms with van der Waals surface area (Å²) in [6.07, 6.45) is 15.2. The van der Waals surface area contributed by atoms with Crippen LogP contribution in [0.15, 0.2) is 103 Å². The largest absolute Gasteiger partial charge is 0.403 e. The minimum Gasteiger partial charge on any atom is -0.403 e. The van der Waals surface area contributed by atoms with Gasteiger partial charge in [0, 0.05) is 17.4 Å². The Morgan fingerprint density at radius 2 is 1.35 bits per heavy atom. The first-order chi connectivity index (χ1) is 20.9. The van der Waals surface area contributed by atoms with Gasteiger partial charge in [-0.25, -0.2) is 0 Å². The van der Waals surface area contributed by atoms with Crippen molar-refractivity contribution in [3.8, 4) is 12.3 Å². The molecule has 7 rings (SSSR count). The van der Waals surface area contributed by atoms with Gasteiger partial charge in [0.1, 0.15) is 5.60 Å². The molecule has 2 unspecified atom stereocenters. The van der Waals surface area contributed by atoms with Crippen molar-refractivity contribution in [2.24, 2.45) is 28.6 Å². The van der Waals surface area contributed by atoms with Crippen LogP contribution < -0.4 is 15.6 Å². The number of rotatable bonds is 6. The van der Waals surface area contributed by atoms with Crippen LogP contribution in [0.1, 0.15) is 58.3 Å². The van der Waals surface area contributed by atoms with Crippen molar-refractivity contribution in [3.63, 3.8) is 0 Å². The molecule has 0 bridgehead atoms. The van der Waals surface area contributed by atoms with Crippen LogP contribution in [0.25, 0.3) is 0 Å². The smallest absolute Gasteiger partial charge is 0.288 e. The zero-order chi connectivity index (χ0) is 29.7. The Hall–Kier alpha value is -2.94. The normalized spacial score (nSPS) is 35.2. The summed E-state index contributed by atoms with van der Waals surface area (Å²) in [7, 11) is -2.89. The van der Waals surface area contributed by atoms with Crippen molar-refractivity contribution in [1.29, 1.82) is 0 Å². The summed E-state index contributed by atoms with van der Waals surface area (Å²) in [6.45, 7) is 2.90. The van der Waals surface area contributed by atoms with Gasteiger partial charge in [0.15, 0.2) is 0 Å². The molecule has 2 N–H and O–H groups in total. The molecule has 0 amide bonds. The van der Waals surface area contributed by atoms with Crippen LogP contribution in [0.5, 0.6) is 0 Å². The maximum atomic E-state index is 11.6. The van der Waals surface area contributed by atoms with E-state index >= 15 is 0 Å². The van der Waals surface area contributed by atoms with E-state index in [1.165, 1.54) is 21.1 Å². The standard InChI is InChI=1S/C39H44O3Si/c1-3-39(41)26-23-35-34-20-19-29-27-30(40)21-25-38(29,36(34)22-24-37(35,39)2)28-42-43(31-13-7-4-8-14-31,32-15-9-5-10-16-32)33-17-11-6-12-18-33/h1,4-18,27,30,34-36,40-41H,19-26,28H2,2H3/t30?,34-,35-,36+,37-,38+,39?/m0/s1. The second-order valence-electron chi connectivity index (χ2n) is 13.9. The molecule has 3 aromatic carbocycles. The maximum Gasteiger partial charge on any atom is 0.288 e. The van der Waals surface area contributed by atoms with Gasteiger partial charge >= 0.3 is 0 Å². The highest BCUT2D eigenvalue weighted by molar-refractivity contribution is 7.07. The van der Waals surface area contributed by atoms with Crippen LogP contribution in [-0.4, -0.2) is 36.8 Å². The van der Waals surface area contributed by atoms with Crippen molar-refractivity contribution >= 4 is 23.9 Å². The van der Waals surface area contributed by atoms with E-state index < -0.39 is 13.9 Å². The molecule has 0 aromatic heterocycles. The number of hydrogen-bond acceptors (Lipinski definition) is 3. The Morgan fingerprint density at radius 1 is 0.791 bits per heavy atom. The summed E-state index contributed by atoms with van der Waals surface area (Å²) in [5.41, 5.74) is 0.0214. The van der Waals surface area contributed by atoms with Crippen molar-refractivity contribution in [3.05, 3.63) is 103 Å². The predicted octanol–water partition coefficient (Wildman–Crippen LogP) is 5.34. The molecule has 3 aromatic rings. The molecule has 3 saturated carbocycles. The van der Waals surface area contributed by atoms with Crippen LogP contribution in [0, 0.1) is 40.9 Å². The number of hydrogen-bond donors (Lipinski definition) is 2.